The van der Waals surface area contributed by atoms with Crippen LogP contribution < -0.4 is 4.74 Å². The molecule has 1 aliphatic rings. The minimum Gasteiger partial charge on any atom is -0.481 e. The predicted molar refractivity (Wildman–Crippen MR) is 137 cm³/mol. The van der Waals surface area contributed by atoms with Gasteiger partial charge < -0.3 is 4.74 Å². The van der Waals surface area contributed by atoms with Crippen LogP contribution in [0.25, 0.3) is 0 Å². The third-order valence-corrected chi connectivity index (χ3v) is 6.81. The number of carbonyl (C=O) groups is 3. The number of carbonyl (C=O) groups excluding carboxylic acids is 3. The molecule has 4 aromatic rings. The van der Waals surface area contributed by atoms with E-state index in [1.807, 2.05) is 30.3 Å². The van der Waals surface area contributed by atoms with Gasteiger partial charge >= 0.3 is 0 Å². The Hall–Kier alpha value is -3.83. The zero-order valence-corrected chi connectivity index (χ0v) is 20.2. The summed E-state index contributed by atoms with van der Waals surface area (Å²) in [5.41, 5.74) is 1.97. The molecular weight excluding hydrogens is 504 g/mol. The van der Waals surface area contributed by atoms with Crippen LogP contribution in [0.4, 0.5) is 0 Å². The highest BCUT2D eigenvalue weighted by molar-refractivity contribution is 9.10. The normalized spacial score (nSPS) is 17.2. The summed E-state index contributed by atoms with van der Waals surface area (Å²) in [6.45, 7) is 0. The summed E-state index contributed by atoms with van der Waals surface area (Å²) in [7, 11) is 0. The molecule has 4 aromatic carbocycles. The van der Waals surface area contributed by atoms with Crippen molar-refractivity contribution < 1.29 is 19.1 Å². The van der Waals surface area contributed by atoms with E-state index in [4.69, 9.17) is 4.74 Å². The van der Waals surface area contributed by atoms with Crippen molar-refractivity contribution in [3.05, 3.63) is 136 Å². The van der Waals surface area contributed by atoms with Gasteiger partial charge in [-0.3, -0.25) is 14.4 Å². The second-order valence-corrected chi connectivity index (χ2v) is 9.33. The first-order chi connectivity index (χ1) is 17.0. The Labute approximate surface area is 211 Å². The molecule has 0 bridgehead atoms. The van der Waals surface area contributed by atoms with Crippen LogP contribution in [-0.2, 0) is 0 Å². The monoisotopic (exact) mass is 524 g/mol. The van der Waals surface area contributed by atoms with E-state index in [9.17, 15) is 14.4 Å². The van der Waals surface area contributed by atoms with Gasteiger partial charge in [-0.15, -0.1) is 0 Å². The molecule has 3 unspecified atom stereocenters. The van der Waals surface area contributed by atoms with Crippen molar-refractivity contribution in [2.24, 2.45) is 5.92 Å². The zero-order chi connectivity index (χ0) is 24.4. The van der Waals surface area contributed by atoms with Gasteiger partial charge in [0, 0.05) is 32.6 Å². The third-order valence-electron chi connectivity index (χ3n) is 6.29. The fourth-order valence-electron chi connectivity index (χ4n) is 4.59. The third kappa shape index (κ3) is 4.47. The fourth-order valence-corrected chi connectivity index (χ4v) is 4.86. The Morgan fingerprint density at radius 1 is 0.629 bits per heavy atom. The molecule has 4 nitrogen and oxygen atoms in total. The second-order valence-electron chi connectivity index (χ2n) is 8.41. The highest BCUT2D eigenvalue weighted by Crippen LogP contribution is 2.45. The summed E-state index contributed by atoms with van der Waals surface area (Å²) in [5, 5.41) is 0. The van der Waals surface area contributed by atoms with Gasteiger partial charge in [-0.2, -0.15) is 0 Å². The number of hydrogen-bond donors (Lipinski definition) is 0. The molecule has 5 rings (SSSR count). The number of ketones is 3. The number of fused-ring (bicyclic) bond motifs is 1. The topological polar surface area (TPSA) is 60.4 Å². The van der Waals surface area contributed by atoms with Crippen molar-refractivity contribution in [1.82, 2.24) is 0 Å². The summed E-state index contributed by atoms with van der Waals surface area (Å²) >= 11 is 3.40. The Morgan fingerprint density at radius 3 is 1.77 bits per heavy atom. The largest absolute Gasteiger partial charge is 0.481 e. The smallest absolute Gasteiger partial charge is 0.203 e. The highest BCUT2D eigenvalue weighted by atomic mass is 79.9. The van der Waals surface area contributed by atoms with Crippen LogP contribution >= 0.6 is 15.9 Å². The van der Waals surface area contributed by atoms with Gasteiger partial charge in [0.25, 0.3) is 0 Å². The van der Waals surface area contributed by atoms with Gasteiger partial charge in [0.15, 0.2) is 17.7 Å². The van der Waals surface area contributed by atoms with Crippen LogP contribution in [0.3, 0.4) is 0 Å². The van der Waals surface area contributed by atoms with Crippen molar-refractivity contribution in [2.45, 2.75) is 12.0 Å². The zero-order valence-electron chi connectivity index (χ0n) is 18.6. The molecule has 5 heteroatoms. The molecule has 1 aliphatic heterocycles. The quantitative estimate of drug-likeness (QED) is 0.203. The fraction of sp³-hybridized carbons (Fsp3) is 0.100. The minimum absolute atomic E-state index is 0.263. The summed E-state index contributed by atoms with van der Waals surface area (Å²) in [4.78, 5) is 41.5. The number of hydrogen-bond acceptors (Lipinski definition) is 4. The molecule has 3 atom stereocenters. The van der Waals surface area contributed by atoms with Crippen molar-refractivity contribution in [2.75, 3.05) is 0 Å². The van der Waals surface area contributed by atoms with E-state index in [1.54, 1.807) is 78.9 Å². The van der Waals surface area contributed by atoms with E-state index in [0.29, 0.717) is 28.0 Å². The van der Waals surface area contributed by atoms with E-state index in [1.165, 1.54) is 0 Å². The molecule has 0 saturated heterocycles. The van der Waals surface area contributed by atoms with Gasteiger partial charge in [-0.05, 0) is 18.2 Å². The van der Waals surface area contributed by atoms with Gasteiger partial charge in [0.05, 0.1) is 5.92 Å². The van der Waals surface area contributed by atoms with Gasteiger partial charge in [-0.1, -0.05) is 107 Å². The molecule has 0 aliphatic carbocycles. The Balaban J connectivity index is 1.65. The number of para-hydroxylation sites is 1. The first-order valence-electron chi connectivity index (χ1n) is 11.3. The standard InChI is InChI=1S/C30H21BrO4/c31-22-17-15-21(16-18-22)28(33)26(27(32)19-9-3-1-4-10-19)25-23-13-7-8-14-24(23)35-30(25)29(34)20-11-5-2-6-12-20/h1-18,25-26,30H. The van der Waals surface area contributed by atoms with Crippen molar-refractivity contribution in [3.8, 4) is 5.75 Å². The van der Waals surface area contributed by atoms with E-state index in [2.05, 4.69) is 15.9 Å². The summed E-state index contributed by atoms with van der Waals surface area (Å²) < 4.78 is 6.97. The maximum atomic E-state index is 14.0. The van der Waals surface area contributed by atoms with Crippen LogP contribution in [0, 0.1) is 5.92 Å². The Bertz CT molecular complexity index is 1380. The summed E-state index contributed by atoms with van der Waals surface area (Å²) in [6, 6.07) is 31.7. The molecule has 0 spiro atoms. The SMILES string of the molecule is O=C(c1ccccc1)C1Oc2ccccc2C1C(C(=O)c1ccccc1)C(=O)c1ccc(Br)cc1. The summed E-state index contributed by atoms with van der Waals surface area (Å²) in [6.07, 6.45) is -1.01. The molecule has 0 saturated carbocycles. The van der Waals surface area contributed by atoms with Crippen LogP contribution in [0.5, 0.6) is 5.75 Å². The molecule has 0 fully saturated rings. The molecule has 0 aromatic heterocycles. The lowest BCUT2D eigenvalue weighted by molar-refractivity contribution is 0.0669. The number of Topliss-reactive ketones (excluding diaryl/α,β-unsaturated/α-hetero) is 3. The van der Waals surface area contributed by atoms with Gasteiger partial charge in [-0.25, -0.2) is 0 Å². The first-order valence-corrected chi connectivity index (χ1v) is 12.1. The molecule has 0 amide bonds. The average molecular weight is 525 g/mol. The lowest BCUT2D eigenvalue weighted by Gasteiger charge is -2.26. The highest BCUT2D eigenvalue weighted by Gasteiger charge is 2.49. The Morgan fingerprint density at radius 2 is 1.14 bits per heavy atom. The van der Waals surface area contributed by atoms with Crippen molar-refractivity contribution in [1.29, 1.82) is 0 Å². The Kier molecular flexibility index (Phi) is 6.43. The molecule has 1 heterocycles. The second kappa shape index (κ2) is 9.80. The van der Waals surface area contributed by atoms with E-state index < -0.39 is 17.9 Å². The number of benzene rings is 4. The maximum absolute atomic E-state index is 14.0. The average Bonchev–Trinajstić information content (AvgIpc) is 3.29. The maximum Gasteiger partial charge on any atom is 0.203 e. The first kappa shape index (κ1) is 22.9. The lowest BCUT2D eigenvalue weighted by atomic mass is 9.74. The molecule has 0 N–H and O–H groups in total. The van der Waals surface area contributed by atoms with E-state index >= 15 is 0 Å². The van der Waals surface area contributed by atoms with Crippen LogP contribution in [-0.4, -0.2) is 23.5 Å². The van der Waals surface area contributed by atoms with Crippen molar-refractivity contribution in [3.63, 3.8) is 0 Å². The minimum atomic E-state index is -1.14. The summed E-state index contributed by atoms with van der Waals surface area (Å²) in [5.74, 6) is -2.35. The molecule has 0 radical (unpaired) electrons. The van der Waals surface area contributed by atoms with Crippen LogP contribution in [0.2, 0.25) is 0 Å². The molecular formula is C30H21BrO4. The number of ether oxygens (including phenoxy) is 1. The predicted octanol–water partition coefficient (Wildman–Crippen LogP) is 6.56. The van der Waals surface area contributed by atoms with E-state index in [0.717, 1.165) is 4.47 Å². The van der Waals surface area contributed by atoms with E-state index in [-0.39, 0.29) is 17.3 Å². The number of halogens is 1. The lowest BCUT2D eigenvalue weighted by Crippen LogP contribution is -2.40. The van der Waals surface area contributed by atoms with Gasteiger partial charge in [0.2, 0.25) is 5.78 Å². The van der Waals surface area contributed by atoms with Crippen molar-refractivity contribution >= 4 is 33.3 Å². The molecule has 172 valence electrons. The number of rotatable bonds is 7. The van der Waals surface area contributed by atoms with Crippen LogP contribution in [0.15, 0.2) is 114 Å². The molecule has 35 heavy (non-hydrogen) atoms. The van der Waals surface area contributed by atoms with Gasteiger partial charge in [0.1, 0.15) is 5.75 Å². The van der Waals surface area contributed by atoms with Crippen LogP contribution in [0.1, 0.15) is 42.6 Å².